The first-order valence-corrected chi connectivity index (χ1v) is 3.93. The minimum atomic E-state index is 0.338. The van der Waals surface area contributed by atoms with Crippen LogP contribution < -0.4 is 4.74 Å². The summed E-state index contributed by atoms with van der Waals surface area (Å²) in [7, 11) is 1.56. The van der Waals surface area contributed by atoms with Crippen molar-refractivity contribution in [2.24, 2.45) is 0 Å². The van der Waals surface area contributed by atoms with Gasteiger partial charge in [0, 0.05) is 11.8 Å². The molecule has 0 spiro atoms. The number of pyridine rings is 1. The lowest BCUT2D eigenvalue weighted by atomic mass is 10.3. The molecule has 1 rings (SSSR count). The van der Waals surface area contributed by atoms with Crippen LogP contribution in [0.4, 0.5) is 0 Å². The molecule has 1 aromatic heterocycles. The Labute approximate surface area is 75.1 Å². The molecular formula is C7H7Cl2NO. The van der Waals surface area contributed by atoms with E-state index in [1.165, 1.54) is 0 Å². The summed E-state index contributed by atoms with van der Waals surface area (Å²) >= 11 is 11.4. The number of hydrogen-bond donors (Lipinski definition) is 0. The van der Waals surface area contributed by atoms with Crippen molar-refractivity contribution in [1.82, 2.24) is 4.98 Å². The summed E-state index contributed by atoms with van der Waals surface area (Å²) < 4.78 is 4.99. The zero-order valence-electron chi connectivity index (χ0n) is 5.97. The Morgan fingerprint density at radius 3 is 2.73 bits per heavy atom. The number of methoxy groups -OCH3 is 1. The van der Waals surface area contributed by atoms with E-state index in [4.69, 9.17) is 27.9 Å². The van der Waals surface area contributed by atoms with Crippen LogP contribution in [0.25, 0.3) is 0 Å². The highest BCUT2D eigenvalue weighted by atomic mass is 35.5. The van der Waals surface area contributed by atoms with Crippen molar-refractivity contribution in [2.75, 3.05) is 7.11 Å². The number of halogens is 2. The average Bonchev–Trinajstić information content (AvgIpc) is 2.04. The van der Waals surface area contributed by atoms with E-state index in [0.29, 0.717) is 16.7 Å². The maximum Gasteiger partial charge on any atom is 0.143 e. The number of hydrogen-bond acceptors (Lipinski definition) is 2. The first-order chi connectivity index (χ1) is 5.29. The van der Waals surface area contributed by atoms with Gasteiger partial charge < -0.3 is 4.74 Å². The Kier molecular flexibility index (Phi) is 2.97. The fourth-order valence-electron chi connectivity index (χ4n) is 0.750. The van der Waals surface area contributed by atoms with E-state index in [1.54, 1.807) is 19.5 Å². The molecule has 0 amide bonds. The topological polar surface area (TPSA) is 22.1 Å². The van der Waals surface area contributed by atoms with Crippen molar-refractivity contribution in [3.05, 3.63) is 23.0 Å². The van der Waals surface area contributed by atoms with Crippen molar-refractivity contribution in [3.63, 3.8) is 0 Å². The second kappa shape index (κ2) is 3.79. The quantitative estimate of drug-likeness (QED) is 0.671. The summed E-state index contributed by atoms with van der Waals surface area (Å²) in [5.74, 6) is 0.970. The Morgan fingerprint density at radius 2 is 2.27 bits per heavy atom. The molecule has 0 N–H and O–H groups in total. The summed E-state index contributed by atoms with van der Waals surface area (Å²) in [5, 5.41) is 0.541. The minimum absolute atomic E-state index is 0.338. The molecular weight excluding hydrogens is 185 g/mol. The third-order valence-corrected chi connectivity index (χ3v) is 1.91. The maximum atomic E-state index is 5.78. The maximum absolute atomic E-state index is 5.78. The predicted molar refractivity (Wildman–Crippen MR) is 45.4 cm³/mol. The molecule has 0 saturated heterocycles. The first-order valence-electron chi connectivity index (χ1n) is 3.02. The van der Waals surface area contributed by atoms with Crippen molar-refractivity contribution < 1.29 is 4.74 Å². The molecule has 0 bridgehead atoms. The lowest BCUT2D eigenvalue weighted by Crippen LogP contribution is -1.91. The van der Waals surface area contributed by atoms with Gasteiger partial charge in [-0.3, -0.25) is 4.98 Å². The third kappa shape index (κ3) is 1.76. The van der Waals surface area contributed by atoms with Gasteiger partial charge in [-0.05, 0) is 0 Å². The Hall–Kier alpha value is -0.470. The van der Waals surface area contributed by atoms with Crippen molar-refractivity contribution in [2.45, 2.75) is 5.88 Å². The average molecular weight is 192 g/mol. The summed E-state index contributed by atoms with van der Waals surface area (Å²) in [6, 6.07) is 0. The molecule has 11 heavy (non-hydrogen) atoms. The van der Waals surface area contributed by atoms with Crippen LogP contribution in [0.1, 0.15) is 5.56 Å². The molecule has 0 aliphatic carbocycles. The van der Waals surface area contributed by atoms with E-state index in [9.17, 15) is 0 Å². The van der Waals surface area contributed by atoms with Gasteiger partial charge >= 0.3 is 0 Å². The zero-order chi connectivity index (χ0) is 8.27. The molecule has 2 nitrogen and oxygen atoms in total. The summed E-state index contributed by atoms with van der Waals surface area (Å²) in [5.41, 5.74) is 0.783. The number of nitrogens with zero attached hydrogens (tertiary/aromatic N) is 1. The van der Waals surface area contributed by atoms with Crippen LogP contribution in [-0.2, 0) is 5.88 Å². The largest absolute Gasteiger partial charge is 0.495 e. The standard InChI is InChI=1S/C7H7Cl2NO/c1-11-7-4-10-3-6(9)5(7)2-8/h3-4H,2H2,1H3. The normalized spacial score (nSPS) is 9.73. The molecule has 0 aliphatic rings. The van der Waals surface area contributed by atoms with Gasteiger partial charge in [0.1, 0.15) is 5.75 Å². The molecule has 1 heterocycles. The molecule has 1 aromatic rings. The van der Waals surface area contributed by atoms with Crippen LogP contribution in [0.3, 0.4) is 0 Å². The van der Waals surface area contributed by atoms with Crippen LogP contribution >= 0.6 is 23.2 Å². The van der Waals surface area contributed by atoms with Gasteiger partial charge in [0.05, 0.1) is 24.2 Å². The molecule has 4 heteroatoms. The van der Waals surface area contributed by atoms with E-state index >= 15 is 0 Å². The first kappa shape index (κ1) is 8.62. The van der Waals surface area contributed by atoms with Gasteiger partial charge in [0.15, 0.2) is 0 Å². The van der Waals surface area contributed by atoms with Gasteiger partial charge in [-0.1, -0.05) is 11.6 Å². The Balaban J connectivity index is 3.13. The number of ether oxygens (including phenoxy) is 1. The van der Waals surface area contributed by atoms with Crippen LogP contribution in [0.5, 0.6) is 5.75 Å². The SMILES string of the molecule is COc1cncc(Cl)c1CCl. The van der Waals surface area contributed by atoms with Gasteiger partial charge in [-0.2, -0.15) is 0 Å². The monoisotopic (exact) mass is 191 g/mol. The van der Waals surface area contributed by atoms with Gasteiger partial charge in [0.2, 0.25) is 0 Å². The fraction of sp³-hybridized carbons (Fsp3) is 0.286. The van der Waals surface area contributed by atoms with Crippen molar-refractivity contribution >= 4 is 23.2 Å². The van der Waals surface area contributed by atoms with E-state index in [-0.39, 0.29) is 0 Å². The highest BCUT2D eigenvalue weighted by molar-refractivity contribution is 6.32. The predicted octanol–water partition coefficient (Wildman–Crippen LogP) is 2.48. The zero-order valence-corrected chi connectivity index (χ0v) is 7.49. The lowest BCUT2D eigenvalue weighted by molar-refractivity contribution is 0.409. The summed E-state index contributed by atoms with van der Waals surface area (Å²) in [6.07, 6.45) is 3.13. The highest BCUT2D eigenvalue weighted by Crippen LogP contribution is 2.25. The Bertz CT molecular complexity index is 252. The molecule has 0 unspecified atom stereocenters. The molecule has 0 saturated carbocycles. The Morgan fingerprint density at radius 1 is 1.55 bits per heavy atom. The molecule has 0 radical (unpaired) electrons. The minimum Gasteiger partial charge on any atom is -0.495 e. The van der Waals surface area contributed by atoms with Gasteiger partial charge in [-0.25, -0.2) is 0 Å². The van der Waals surface area contributed by atoms with Gasteiger partial charge in [-0.15, -0.1) is 11.6 Å². The van der Waals surface area contributed by atoms with Gasteiger partial charge in [0.25, 0.3) is 0 Å². The third-order valence-electron chi connectivity index (χ3n) is 1.32. The molecule has 60 valence electrons. The second-order valence-corrected chi connectivity index (χ2v) is 2.61. The van der Waals surface area contributed by atoms with E-state index < -0.39 is 0 Å². The molecule has 0 atom stereocenters. The summed E-state index contributed by atoms with van der Waals surface area (Å²) in [6.45, 7) is 0. The number of aromatic nitrogens is 1. The van der Waals surface area contributed by atoms with Crippen LogP contribution in [0, 0.1) is 0 Å². The molecule has 0 aromatic carbocycles. The van der Waals surface area contributed by atoms with E-state index in [0.717, 1.165) is 5.56 Å². The second-order valence-electron chi connectivity index (χ2n) is 1.94. The van der Waals surface area contributed by atoms with Crippen LogP contribution in [0.2, 0.25) is 5.02 Å². The van der Waals surface area contributed by atoms with Crippen LogP contribution in [0.15, 0.2) is 12.4 Å². The van der Waals surface area contributed by atoms with Crippen LogP contribution in [-0.4, -0.2) is 12.1 Å². The number of rotatable bonds is 2. The smallest absolute Gasteiger partial charge is 0.143 e. The van der Waals surface area contributed by atoms with Crippen molar-refractivity contribution in [3.8, 4) is 5.75 Å². The molecule has 0 aliphatic heterocycles. The highest BCUT2D eigenvalue weighted by Gasteiger charge is 2.05. The van der Waals surface area contributed by atoms with E-state index in [2.05, 4.69) is 4.98 Å². The lowest BCUT2D eigenvalue weighted by Gasteiger charge is -2.05. The summed E-state index contributed by atoms with van der Waals surface area (Å²) in [4.78, 5) is 3.85. The number of alkyl halides is 1. The fourth-order valence-corrected chi connectivity index (χ4v) is 1.31. The van der Waals surface area contributed by atoms with Crippen molar-refractivity contribution in [1.29, 1.82) is 0 Å². The van der Waals surface area contributed by atoms with E-state index in [1.807, 2.05) is 0 Å². The molecule has 0 fully saturated rings.